The van der Waals surface area contributed by atoms with Crippen molar-refractivity contribution < 1.29 is 42.7 Å². The van der Waals surface area contributed by atoms with E-state index < -0.39 is 20.1 Å². The number of benzene rings is 2. The molecule has 0 saturated carbocycles. The molecular weight excluding hydrogens is 470 g/mol. The van der Waals surface area contributed by atoms with E-state index in [9.17, 15) is 10.1 Å². The Morgan fingerprint density at radius 2 is 1.70 bits per heavy atom. The van der Waals surface area contributed by atoms with Gasteiger partial charge in [-0.15, -0.1) is 10.2 Å². The Kier molecular flexibility index (Phi) is 11.9. The zero-order chi connectivity index (χ0) is 19.7. The van der Waals surface area contributed by atoms with Gasteiger partial charge >= 0.3 is 34.5 Å². The fourth-order valence-corrected chi connectivity index (χ4v) is 2.01. The third kappa shape index (κ3) is 7.46. The molecule has 0 aliphatic rings. The Morgan fingerprint density at radius 1 is 1.11 bits per heavy atom. The number of aryl methyl sites for hydroxylation is 2. The SMILES string of the molecule is COc1cc(N=Nc2ccc(C)cc2[N+](=O)[O-])c(C)cc1N=[NH2+].[Cl-].[Cl][Zn][Cl]. The van der Waals surface area contributed by atoms with Crippen LogP contribution < -0.4 is 22.7 Å². The molecule has 0 amide bonds. The van der Waals surface area contributed by atoms with Gasteiger partial charge in [0.15, 0.2) is 17.1 Å². The second kappa shape index (κ2) is 12.7. The summed E-state index contributed by atoms with van der Waals surface area (Å²) in [5.41, 5.74) is 7.95. The Balaban J connectivity index is 0.00000158. The van der Waals surface area contributed by atoms with Crippen LogP contribution in [-0.2, 0) is 15.1 Å². The maximum atomic E-state index is 11.1. The summed E-state index contributed by atoms with van der Waals surface area (Å²) in [5, 5.41) is 22.8. The number of nitrogens with two attached hydrogens (primary N) is 1. The van der Waals surface area contributed by atoms with Crippen LogP contribution in [0.25, 0.3) is 0 Å². The molecule has 2 N–H and O–H groups in total. The molecule has 0 radical (unpaired) electrons. The van der Waals surface area contributed by atoms with Crippen LogP contribution in [-0.4, -0.2) is 12.0 Å². The van der Waals surface area contributed by atoms with Gasteiger partial charge in [0.05, 0.1) is 17.7 Å². The Hall–Kier alpha value is -1.67. The number of hydrogen-bond acceptors (Lipinski definition) is 6. The van der Waals surface area contributed by atoms with Crippen LogP contribution in [0.1, 0.15) is 11.1 Å². The van der Waals surface area contributed by atoms with E-state index in [4.69, 9.17) is 29.7 Å². The topological polar surface area (TPSA) is 115 Å². The molecule has 0 heterocycles. The number of nitro benzene ring substituents is 1. The number of methoxy groups -OCH3 is 1. The summed E-state index contributed by atoms with van der Waals surface area (Å²) in [5.74, 6) is 0.449. The van der Waals surface area contributed by atoms with Gasteiger partial charge in [0.2, 0.25) is 0 Å². The molecule has 2 aromatic rings. The predicted octanol–water partition coefficient (Wildman–Crippen LogP) is 1.86. The minimum atomic E-state index is -0.931. The molecule has 0 aromatic heterocycles. The molecule has 0 spiro atoms. The zero-order valence-electron chi connectivity index (χ0n) is 14.8. The van der Waals surface area contributed by atoms with Crippen molar-refractivity contribution >= 4 is 42.1 Å². The number of nitro groups is 1. The van der Waals surface area contributed by atoms with Gasteiger partial charge < -0.3 is 17.1 Å². The number of hydrogen-bond donors (Lipinski definition) is 1. The summed E-state index contributed by atoms with van der Waals surface area (Å²) in [6.07, 6.45) is 0. The molecule has 8 nitrogen and oxygen atoms in total. The van der Waals surface area contributed by atoms with E-state index in [1.165, 1.54) is 13.2 Å². The summed E-state index contributed by atoms with van der Waals surface area (Å²) in [7, 11) is 11.4. The van der Waals surface area contributed by atoms with Crippen molar-refractivity contribution in [2.45, 2.75) is 13.8 Å². The van der Waals surface area contributed by atoms with Crippen molar-refractivity contribution in [2.75, 3.05) is 7.11 Å². The summed E-state index contributed by atoms with van der Waals surface area (Å²) < 4.78 is 5.18. The van der Waals surface area contributed by atoms with Crippen LogP contribution in [0.4, 0.5) is 22.7 Å². The summed E-state index contributed by atoms with van der Waals surface area (Å²) in [6.45, 7) is 3.59. The van der Waals surface area contributed by atoms with E-state index >= 15 is 0 Å². The van der Waals surface area contributed by atoms with Crippen molar-refractivity contribution in [3.63, 3.8) is 0 Å². The maximum absolute atomic E-state index is 11.1. The molecule has 0 saturated heterocycles. The number of halogens is 3. The fraction of sp³-hybridized carbons (Fsp3) is 0.200. The summed E-state index contributed by atoms with van der Waals surface area (Å²) in [6, 6.07) is 8.10. The van der Waals surface area contributed by atoms with Gasteiger partial charge in [0.25, 0.3) is 5.69 Å². The fourth-order valence-electron chi connectivity index (χ4n) is 2.01. The monoisotopic (exact) mass is 483 g/mol. The minimum absolute atomic E-state index is 0. The van der Waals surface area contributed by atoms with Gasteiger partial charge in [0.1, 0.15) is 0 Å². The number of azo groups is 1. The van der Waals surface area contributed by atoms with E-state index in [0.717, 1.165) is 11.1 Å². The molecule has 27 heavy (non-hydrogen) atoms. The Bertz CT molecular complexity index is 837. The summed E-state index contributed by atoms with van der Waals surface area (Å²) in [4.78, 5) is 10.6. The van der Waals surface area contributed by atoms with E-state index in [1.54, 1.807) is 31.2 Å². The molecule has 2 rings (SSSR count). The van der Waals surface area contributed by atoms with Gasteiger partial charge in [-0.3, -0.25) is 10.1 Å². The van der Waals surface area contributed by atoms with Crippen LogP contribution >= 0.6 is 19.4 Å². The zero-order valence-corrected chi connectivity index (χ0v) is 20.1. The van der Waals surface area contributed by atoms with Gasteiger partial charge in [-0.05, 0) is 42.2 Å². The molecule has 0 bridgehead atoms. The Labute approximate surface area is 178 Å². The summed E-state index contributed by atoms with van der Waals surface area (Å²) >= 11 is -0.931. The van der Waals surface area contributed by atoms with Crippen LogP contribution in [0.3, 0.4) is 0 Å². The first kappa shape index (κ1) is 25.3. The molecule has 0 fully saturated rings. The number of ether oxygens (including phenoxy) is 1. The first-order chi connectivity index (χ1) is 12.4. The third-order valence-electron chi connectivity index (χ3n) is 3.23. The molecule has 0 aliphatic carbocycles. The first-order valence-electron chi connectivity index (χ1n) is 7.26. The standard InChI is InChI=1S/C15H15N5O3.3ClH.Zn/c1-9-4-5-11(14(6-9)20(21)22)18-19-12-8-15(23-3)13(17-16)7-10(12)2;;;;/h4-8,16H,1-3H3;3*1H;/q;;;;+2/p-2. The van der Waals surface area contributed by atoms with E-state index in [2.05, 4.69) is 15.3 Å². The van der Waals surface area contributed by atoms with Gasteiger partial charge in [-0.2, -0.15) is 5.53 Å². The van der Waals surface area contributed by atoms with Gasteiger partial charge in [-0.1, -0.05) is 6.07 Å². The number of rotatable bonds is 5. The molecule has 142 valence electrons. The van der Waals surface area contributed by atoms with Crippen molar-refractivity contribution in [1.29, 1.82) is 0 Å². The quantitative estimate of drug-likeness (QED) is 0.301. The molecular formula is C15H16Cl3N5O3Zn. The van der Waals surface area contributed by atoms with Crippen LogP contribution in [0.5, 0.6) is 5.75 Å². The first-order valence-corrected chi connectivity index (χ1v) is 15.1. The second-order valence-corrected chi connectivity index (χ2v) is 9.61. The molecule has 0 unspecified atom stereocenters. The predicted molar refractivity (Wildman–Crippen MR) is 95.5 cm³/mol. The van der Waals surface area contributed by atoms with E-state index in [1.807, 2.05) is 6.92 Å². The molecule has 2 aromatic carbocycles. The van der Waals surface area contributed by atoms with Crippen LogP contribution in [0.2, 0.25) is 0 Å². The Morgan fingerprint density at radius 3 is 2.22 bits per heavy atom. The van der Waals surface area contributed by atoms with E-state index in [0.29, 0.717) is 17.1 Å². The van der Waals surface area contributed by atoms with E-state index in [-0.39, 0.29) is 23.8 Å². The molecule has 0 atom stereocenters. The van der Waals surface area contributed by atoms with Crippen molar-refractivity contribution in [3.05, 3.63) is 51.6 Å². The van der Waals surface area contributed by atoms with Gasteiger partial charge in [-0.25, -0.2) is 0 Å². The van der Waals surface area contributed by atoms with Gasteiger partial charge in [0, 0.05) is 12.1 Å². The normalized spacial score (nSPS) is 9.52. The average Bonchev–Trinajstić information content (AvgIpc) is 2.61. The second-order valence-electron chi connectivity index (χ2n) is 4.99. The number of nitrogens with zero attached hydrogens (tertiary/aromatic N) is 4. The van der Waals surface area contributed by atoms with Crippen molar-refractivity contribution in [3.8, 4) is 5.75 Å². The molecule has 12 heteroatoms. The van der Waals surface area contributed by atoms with Crippen molar-refractivity contribution in [2.24, 2.45) is 15.3 Å². The average molecular weight is 486 g/mol. The third-order valence-corrected chi connectivity index (χ3v) is 3.23. The van der Waals surface area contributed by atoms with Crippen molar-refractivity contribution in [1.82, 2.24) is 0 Å². The molecule has 0 aliphatic heterocycles. The van der Waals surface area contributed by atoms with Crippen LogP contribution in [0, 0.1) is 24.0 Å². The van der Waals surface area contributed by atoms with Crippen LogP contribution in [0.15, 0.2) is 45.7 Å².